The summed E-state index contributed by atoms with van der Waals surface area (Å²) in [6, 6.07) is 25.4. The quantitative estimate of drug-likeness (QED) is 0.141. The van der Waals surface area contributed by atoms with Crippen molar-refractivity contribution in [2.24, 2.45) is 0 Å². The van der Waals surface area contributed by atoms with Gasteiger partial charge >= 0.3 is 5.97 Å². The Kier molecular flexibility index (Phi) is 8.10. The summed E-state index contributed by atoms with van der Waals surface area (Å²) in [7, 11) is -4.43. The number of benzene rings is 5. The molecule has 0 aromatic heterocycles. The van der Waals surface area contributed by atoms with Crippen LogP contribution in [0.4, 0.5) is 5.69 Å². The van der Waals surface area contributed by atoms with Crippen LogP contribution < -0.4 is 9.04 Å². The number of carbonyl (C=O) groups is 2. The molecule has 5 aromatic rings. The minimum absolute atomic E-state index is 0.00948. The predicted octanol–water partition coefficient (Wildman–Crippen LogP) is 8.33. The topological polar surface area (TPSA) is 80.8 Å². The summed E-state index contributed by atoms with van der Waals surface area (Å²) in [4.78, 5) is 27.0. The van der Waals surface area contributed by atoms with Gasteiger partial charge in [-0.15, -0.1) is 0 Å². The molecule has 0 spiro atoms. The van der Waals surface area contributed by atoms with Crippen LogP contribution in [-0.4, -0.2) is 20.3 Å². The van der Waals surface area contributed by atoms with Crippen LogP contribution in [-0.2, 0) is 10.0 Å². The SMILES string of the molecule is Cc1cc(C)c(S(=O)(=O)N(C(=O)c2ccc(Cl)cc2)c2ccc(OC(=O)c3ccc(Cl)cc3)c3ccccc23)cc1C. The number of sulfonamides is 1. The predicted molar refractivity (Wildman–Crippen MR) is 166 cm³/mol. The van der Waals surface area contributed by atoms with Gasteiger partial charge in [-0.2, -0.15) is 4.31 Å². The van der Waals surface area contributed by atoms with E-state index in [0.29, 0.717) is 31.9 Å². The van der Waals surface area contributed by atoms with Crippen molar-refractivity contribution in [3.8, 4) is 5.75 Å². The molecule has 0 aliphatic carbocycles. The molecule has 0 atom stereocenters. The van der Waals surface area contributed by atoms with Gasteiger partial charge in [-0.25, -0.2) is 13.2 Å². The summed E-state index contributed by atoms with van der Waals surface area (Å²) >= 11 is 12.0. The van der Waals surface area contributed by atoms with Gasteiger partial charge in [-0.3, -0.25) is 4.79 Å². The van der Waals surface area contributed by atoms with E-state index in [1.807, 2.05) is 13.8 Å². The van der Waals surface area contributed by atoms with Gasteiger partial charge < -0.3 is 4.74 Å². The number of rotatable bonds is 6. The van der Waals surface area contributed by atoms with Gasteiger partial charge in [0.25, 0.3) is 15.9 Å². The van der Waals surface area contributed by atoms with Gasteiger partial charge in [0, 0.05) is 26.4 Å². The second-order valence-electron chi connectivity index (χ2n) is 9.81. The first-order valence-electron chi connectivity index (χ1n) is 12.9. The molecule has 0 bridgehead atoms. The molecule has 0 unspecified atom stereocenters. The molecule has 9 heteroatoms. The summed E-state index contributed by atoms with van der Waals surface area (Å²) < 4.78 is 35.3. The third kappa shape index (κ3) is 5.63. The van der Waals surface area contributed by atoms with Crippen LogP contribution in [0.3, 0.4) is 0 Å². The standard InChI is InChI=1S/C33H25Cl2NO5S/c1-20-18-22(3)31(19-21(20)2)42(39,40)36(32(37)23-8-12-25(34)13-9-23)29-16-17-30(28-7-5-4-6-27(28)29)41-33(38)24-10-14-26(35)15-11-24/h4-19H,1-3H3. The van der Waals surface area contributed by atoms with Gasteiger partial charge in [0.1, 0.15) is 5.75 Å². The number of hydrogen-bond donors (Lipinski definition) is 0. The molecule has 0 aliphatic rings. The van der Waals surface area contributed by atoms with Gasteiger partial charge in [0.05, 0.1) is 16.1 Å². The fourth-order valence-corrected chi connectivity index (χ4v) is 6.62. The molecule has 5 rings (SSSR count). The molecule has 0 N–H and O–H groups in total. The molecule has 1 amide bonds. The van der Waals surface area contributed by atoms with Crippen molar-refractivity contribution in [3.05, 3.63) is 135 Å². The molecule has 6 nitrogen and oxygen atoms in total. The van der Waals surface area contributed by atoms with Crippen LogP contribution in [0.1, 0.15) is 37.4 Å². The van der Waals surface area contributed by atoms with E-state index in [9.17, 15) is 18.0 Å². The first-order valence-corrected chi connectivity index (χ1v) is 15.1. The first kappa shape index (κ1) is 29.3. The molecule has 212 valence electrons. The summed E-state index contributed by atoms with van der Waals surface area (Å²) in [5.41, 5.74) is 2.73. The average molecular weight is 619 g/mol. The van der Waals surface area contributed by atoms with Gasteiger partial charge in [-0.05, 0) is 104 Å². The zero-order valence-corrected chi connectivity index (χ0v) is 25.2. The Bertz CT molecular complexity index is 1950. The molecule has 0 aliphatic heterocycles. The maximum absolute atomic E-state index is 14.4. The number of nitrogens with zero attached hydrogens (tertiary/aromatic N) is 1. The maximum atomic E-state index is 14.4. The molecule has 0 saturated heterocycles. The van der Waals surface area contributed by atoms with Gasteiger partial charge in [-0.1, -0.05) is 53.5 Å². The number of fused-ring (bicyclic) bond motifs is 1. The van der Waals surface area contributed by atoms with E-state index in [1.54, 1.807) is 67.6 Å². The molecule has 42 heavy (non-hydrogen) atoms. The largest absolute Gasteiger partial charge is 0.422 e. The summed E-state index contributed by atoms with van der Waals surface area (Å²) in [5.74, 6) is -1.18. The van der Waals surface area contributed by atoms with Crippen LogP contribution >= 0.6 is 23.2 Å². The number of amides is 1. The minimum atomic E-state index is -4.43. The average Bonchev–Trinajstić information content (AvgIpc) is 2.96. The number of aryl methyl sites for hydroxylation is 3. The van der Waals surface area contributed by atoms with Gasteiger partial charge in [0.2, 0.25) is 0 Å². The smallest absolute Gasteiger partial charge is 0.343 e. The fourth-order valence-electron chi connectivity index (χ4n) is 4.63. The highest BCUT2D eigenvalue weighted by atomic mass is 35.5. The number of esters is 1. The van der Waals surface area contributed by atoms with E-state index in [4.69, 9.17) is 27.9 Å². The lowest BCUT2D eigenvalue weighted by Gasteiger charge is -2.26. The molecular formula is C33H25Cl2NO5S. The molecule has 5 aromatic carbocycles. The Labute approximate surface area is 254 Å². The van der Waals surface area contributed by atoms with E-state index >= 15 is 0 Å². The lowest BCUT2D eigenvalue weighted by atomic mass is 10.1. The lowest BCUT2D eigenvalue weighted by Crippen LogP contribution is -2.37. The van der Waals surface area contributed by atoms with Crippen LogP contribution in [0.2, 0.25) is 10.0 Å². The summed E-state index contributed by atoms with van der Waals surface area (Å²) in [5, 5.41) is 1.72. The molecular weight excluding hydrogens is 593 g/mol. The number of anilines is 1. The number of carbonyl (C=O) groups excluding carboxylic acids is 2. The molecule has 0 radical (unpaired) electrons. The van der Waals surface area contributed by atoms with Crippen molar-refractivity contribution in [3.63, 3.8) is 0 Å². The van der Waals surface area contributed by atoms with E-state index in [1.165, 1.54) is 36.4 Å². The molecule has 0 fully saturated rings. The Hall–Kier alpha value is -4.17. The highest BCUT2D eigenvalue weighted by Gasteiger charge is 2.35. The second kappa shape index (κ2) is 11.6. The monoisotopic (exact) mass is 617 g/mol. The molecule has 0 saturated carbocycles. The Morgan fingerprint density at radius 2 is 1.21 bits per heavy atom. The van der Waals surface area contributed by atoms with Crippen molar-refractivity contribution in [1.29, 1.82) is 0 Å². The van der Waals surface area contributed by atoms with Crippen LogP contribution in [0.5, 0.6) is 5.75 Å². The zero-order chi connectivity index (χ0) is 30.2. The van der Waals surface area contributed by atoms with Gasteiger partial charge in [0.15, 0.2) is 0 Å². The maximum Gasteiger partial charge on any atom is 0.343 e. The van der Waals surface area contributed by atoms with Crippen molar-refractivity contribution >= 4 is 61.6 Å². The van der Waals surface area contributed by atoms with E-state index in [0.717, 1.165) is 15.4 Å². The lowest BCUT2D eigenvalue weighted by molar-refractivity contribution is 0.0736. The van der Waals surface area contributed by atoms with Crippen LogP contribution in [0, 0.1) is 20.8 Å². The van der Waals surface area contributed by atoms with E-state index in [2.05, 4.69) is 0 Å². The fraction of sp³-hybridized carbons (Fsp3) is 0.0909. The first-order chi connectivity index (χ1) is 20.0. The highest BCUT2D eigenvalue weighted by molar-refractivity contribution is 7.93. The highest BCUT2D eigenvalue weighted by Crippen LogP contribution is 2.38. The number of ether oxygens (including phenoxy) is 1. The van der Waals surface area contributed by atoms with Crippen molar-refractivity contribution < 1.29 is 22.7 Å². The van der Waals surface area contributed by atoms with Crippen LogP contribution in [0.25, 0.3) is 10.8 Å². The van der Waals surface area contributed by atoms with E-state index in [-0.39, 0.29) is 21.9 Å². The number of hydrogen-bond acceptors (Lipinski definition) is 5. The molecule has 0 heterocycles. The van der Waals surface area contributed by atoms with E-state index < -0.39 is 21.9 Å². The zero-order valence-electron chi connectivity index (χ0n) is 22.9. The Morgan fingerprint density at radius 1 is 0.667 bits per heavy atom. The van der Waals surface area contributed by atoms with Crippen molar-refractivity contribution in [1.82, 2.24) is 0 Å². The summed E-state index contributed by atoms with van der Waals surface area (Å²) in [6.07, 6.45) is 0. The van der Waals surface area contributed by atoms with Crippen LogP contribution in [0.15, 0.2) is 102 Å². The number of halogens is 2. The Morgan fingerprint density at radius 3 is 1.83 bits per heavy atom. The Balaban J connectivity index is 1.69. The van der Waals surface area contributed by atoms with Crippen molar-refractivity contribution in [2.45, 2.75) is 25.7 Å². The van der Waals surface area contributed by atoms with Crippen molar-refractivity contribution in [2.75, 3.05) is 4.31 Å². The second-order valence-corrected chi connectivity index (χ2v) is 12.4. The third-order valence-corrected chi connectivity index (χ3v) is 9.29. The normalized spacial score (nSPS) is 11.4. The minimum Gasteiger partial charge on any atom is -0.422 e. The summed E-state index contributed by atoms with van der Waals surface area (Å²) in [6.45, 7) is 5.41. The third-order valence-electron chi connectivity index (χ3n) is 6.95.